The lowest BCUT2D eigenvalue weighted by molar-refractivity contribution is 0.0943. The maximum Gasteiger partial charge on any atom is 0.269 e. The number of hydrazine groups is 1. The summed E-state index contributed by atoms with van der Waals surface area (Å²) in [5.74, 6) is 0.564. The van der Waals surface area contributed by atoms with Crippen molar-refractivity contribution in [3.8, 4) is 0 Å². The number of benzene rings is 3. The molecule has 28 heavy (non-hydrogen) atoms. The second-order valence-corrected chi connectivity index (χ2v) is 6.65. The summed E-state index contributed by atoms with van der Waals surface area (Å²) < 4.78 is 0. The second kappa shape index (κ2) is 8.39. The number of carbonyl (C=O) groups is 1. The minimum absolute atomic E-state index is 0.179. The quantitative estimate of drug-likeness (QED) is 0.684. The van der Waals surface area contributed by atoms with E-state index < -0.39 is 0 Å². The number of hydrogen-bond donors (Lipinski definition) is 2. The first-order chi connectivity index (χ1) is 13.8. The number of carbonyl (C=O) groups excluding carboxylic acids is 1. The van der Waals surface area contributed by atoms with Crippen LogP contribution in [0.3, 0.4) is 0 Å². The van der Waals surface area contributed by atoms with Crippen LogP contribution in [0, 0.1) is 0 Å². The number of rotatable bonds is 3. The molecule has 0 bridgehead atoms. The Morgan fingerprint density at radius 2 is 1.57 bits per heavy atom. The van der Waals surface area contributed by atoms with Gasteiger partial charge >= 0.3 is 0 Å². The van der Waals surface area contributed by atoms with E-state index in [1.807, 2.05) is 42.5 Å². The fraction of sp³-hybridized carbons (Fsp3) is 0.130. The predicted octanol–water partition coefficient (Wildman–Crippen LogP) is 4.06. The Labute approximate surface area is 164 Å². The molecule has 4 rings (SSSR count). The Morgan fingerprint density at radius 3 is 2.36 bits per heavy atom. The van der Waals surface area contributed by atoms with Gasteiger partial charge < -0.3 is 4.90 Å². The molecule has 0 saturated carbocycles. The van der Waals surface area contributed by atoms with Crippen LogP contribution in [0.1, 0.15) is 22.3 Å². The Hall–Kier alpha value is -3.60. The van der Waals surface area contributed by atoms with Gasteiger partial charge in [-0.2, -0.15) is 0 Å². The van der Waals surface area contributed by atoms with E-state index in [4.69, 9.17) is 4.99 Å². The number of fused-ring (bicyclic) bond motifs is 1. The highest BCUT2D eigenvalue weighted by atomic mass is 16.2. The fourth-order valence-electron chi connectivity index (χ4n) is 3.24. The molecule has 5 nitrogen and oxygen atoms in total. The summed E-state index contributed by atoms with van der Waals surface area (Å²) >= 11 is 0. The molecule has 2 N–H and O–H groups in total. The van der Waals surface area contributed by atoms with Gasteiger partial charge in [0.1, 0.15) is 5.84 Å². The monoisotopic (exact) mass is 370 g/mol. The zero-order chi connectivity index (χ0) is 19.2. The summed E-state index contributed by atoms with van der Waals surface area (Å²) in [6.45, 7) is 1.62. The minimum Gasteiger partial charge on any atom is -0.365 e. The van der Waals surface area contributed by atoms with Gasteiger partial charge in [-0.3, -0.25) is 15.6 Å². The lowest BCUT2D eigenvalue weighted by Crippen LogP contribution is -2.42. The standard InChI is InChI=1S/C23H22N4O/c28-23(19-11-5-2-6-12-19)26-25-22-15-16-27(17-18-9-3-1-4-10-18)21-14-8-7-13-20(21)24-22/h1-14H,15-17H2,(H,24,25)(H,26,28). The molecule has 1 aliphatic rings. The van der Waals surface area contributed by atoms with Crippen LogP contribution >= 0.6 is 0 Å². The summed E-state index contributed by atoms with van der Waals surface area (Å²) in [5, 5.41) is 0. The topological polar surface area (TPSA) is 56.7 Å². The number of amides is 1. The summed E-state index contributed by atoms with van der Waals surface area (Å²) in [6.07, 6.45) is 0.705. The molecule has 5 heteroatoms. The van der Waals surface area contributed by atoms with Gasteiger partial charge in [-0.05, 0) is 29.8 Å². The molecular weight excluding hydrogens is 348 g/mol. The molecule has 0 aliphatic carbocycles. The molecular formula is C23H22N4O. The first-order valence-electron chi connectivity index (χ1n) is 9.36. The van der Waals surface area contributed by atoms with Crippen molar-refractivity contribution in [3.63, 3.8) is 0 Å². The number of anilines is 1. The van der Waals surface area contributed by atoms with E-state index in [2.05, 4.69) is 46.1 Å². The van der Waals surface area contributed by atoms with E-state index in [-0.39, 0.29) is 5.91 Å². The minimum atomic E-state index is -0.179. The van der Waals surface area contributed by atoms with Crippen molar-refractivity contribution in [1.82, 2.24) is 10.9 Å². The lowest BCUT2D eigenvalue weighted by Gasteiger charge is -2.24. The Morgan fingerprint density at radius 1 is 0.893 bits per heavy atom. The van der Waals surface area contributed by atoms with Gasteiger partial charge in [-0.15, -0.1) is 0 Å². The maximum atomic E-state index is 12.3. The molecule has 0 saturated heterocycles. The van der Waals surface area contributed by atoms with E-state index in [1.165, 1.54) is 5.56 Å². The van der Waals surface area contributed by atoms with Gasteiger partial charge in [-0.1, -0.05) is 60.7 Å². The van der Waals surface area contributed by atoms with Crippen molar-refractivity contribution < 1.29 is 4.79 Å². The van der Waals surface area contributed by atoms with Crippen LogP contribution in [0.5, 0.6) is 0 Å². The van der Waals surface area contributed by atoms with Gasteiger partial charge in [0.2, 0.25) is 0 Å². The predicted molar refractivity (Wildman–Crippen MR) is 113 cm³/mol. The van der Waals surface area contributed by atoms with Crippen LogP contribution in [0.15, 0.2) is 89.9 Å². The van der Waals surface area contributed by atoms with Crippen molar-refractivity contribution in [3.05, 3.63) is 96.1 Å². The number of para-hydroxylation sites is 2. The maximum absolute atomic E-state index is 12.3. The summed E-state index contributed by atoms with van der Waals surface area (Å²) in [4.78, 5) is 19.4. The highest BCUT2D eigenvalue weighted by Gasteiger charge is 2.17. The van der Waals surface area contributed by atoms with Gasteiger partial charge in [0.25, 0.3) is 5.91 Å². The fourth-order valence-corrected chi connectivity index (χ4v) is 3.24. The third-order valence-electron chi connectivity index (χ3n) is 4.67. The number of amidine groups is 1. The molecule has 0 spiro atoms. The molecule has 0 fully saturated rings. The largest absolute Gasteiger partial charge is 0.365 e. The van der Waals surface area contributed by atoms with Crippen LogP contribution < -0.4 is 15.8 Å². The first kappa shape index (κ1) is 17.8. The lowest BCUT2D eigenvalue weighted by atomic mass is 10.2. The van der Waals surface area contributed by atoms with E-state index in [9.17, 15) is 4.79 Å². The van der Waals surface area contributed by atoms with Crippen molar-refractivity contribution in [2.75, 3.05) is 11.4 Å². The third kappa shape index (κ3) is 4.20. The van der Waals surface area contributed by atoms with Crippen LogP contribution in [0.2, 0.25) is 0 Å². The van der Waals surface area contributed by atoms with E-state index >= 15 is 0 Å². The Kier molecular flexibility index (Phi) is 5.33. The van der Waals surface area contributed by atoms with E-state index in [1.54, 1.807) is 12.1 Å². The van der Waals surface area contributed by atoms with Crippen molar-refractivity contribution in [2.45, 2.75) is 13.0 Å². The Balaban J connectivity index is 1.48. The number of hydrogen-bond acceptors (Lipinski definition) is 4. The number of nitrogens with one attached hydrogen (secondary N) is 2. The van der Waals surface area contributed by atoms with Crippen LogP contribution in [0.25, 0.3) is 0 Å². The molecule has 1 amide bonds. The van der Waals surface area contributed by atoms with Gasteiger partial charge in [-0.25, -0.2) is 4.99 Å². The Bertz CT molecular complexity index is 970. The van der Waals surface area contributed by atoms with Crippen molar-refractivity contribution >= 4 is 23.1 Å². The number of nitrogens with zero attached hydrogens (tertiary/aromatic N) is 2. The van der Waals surface area contributed by atoms with Gasteiger partial charge in [0.15, 0.2) is 0 Å². The highest BCUT2D eigenvalue weighted by Crippen LogP contribution is 2.31. The van der Waals surface area contributed by atoms with Gasteiger partial charge in [0, 0.05) is 25.1 Å². The van der Waals surface area contributed by atoms with Crippen molar-refractivity contribution in [2.24, 2.45) is 4.99 Å². The molecule has 1 aliphatic heterocycles. The molecule has 0 radical (unpaired) electrons. The SMILES string of the molecule is O=C(NNC1=Nc2ccccc2N(Cc2ccccc2)CC1)c1ccccc1. The zero-order valence-electron chi connectivity index (χ0n) is 15.5. The molecule has 0 atom stereocenters. The molecule has 1 heterocycles. The molecule has 0 unspecified atom stereocenters. The molecule has 3 aromatic rings. The van der Waals surface area contributed by atoms with E-state index in [0.717, 1.165) is 30.3 Å². The van der Waals surface area contributed by atoms with Gasteiger partial charge in [0.05, 0.1) is 11.4 Å². The average molecular weight is 370 g/mol. The summed E-state index contributed by atoms with van der Waals surface area (Å²) in [6, 6.07) is 27.6. The molecule has 0 aromatic heterocycles. The first-order valence-corrected chi connectivity index (χ1v) is 9.36. The van der Waals surface area contributed by atoms with E-state index in [0.29, 0.717) is 12.0 Å². The third-order valence-corrected chi connectivity index (χ3v) is 4.67. The number of aliphatic imine (C=N–C) groups is 1. The molecule has 140 valence electrons. The van der Waals surface area contributed by atoms with Crippen LogP contribution in [0.4, 0.5) is 11.4 Å². The average Bonchev–Trinajstić information content (AvgIpc) is 2.93. The second-order valence-electron chi connectivity index (χ2n) is 6.65. The smallest absolute Gasteiger partial charge is 0.269 e. The zero-order valence-corrected chi connectivity index (χ0v) is 15.5. The summed E-state index contributed by atoms with van der Waals surface area (Å²) in [7, 11) is 0. The molecule has 3 aromatic carbocycles. The van der Waals surface area contributed by atoms with Crippen LogP contribution in [-0.4, -0.2) is 18.3 Å². The normalized spacial score (nSPS) is 13.1. The van der Waals surface area contributed by atoms with Crippen molar-refractivity contribution in [1.29, 1.82) is 0 Å². The summed E-state index contributed by atoms with van der Waals surface area (Å²) in [5.41, 5.74) is 9.62. The van der Waals surface area contributed by atoms with Crippen LogP contribution in [-0.2, 0) is 6.54 Å². The highest BCUT2D eigenvalue weighted by molar-refractivity contribution is 5.96.